The molecule has 1 unspecified atom stereocenters. The number of aromatic nitrogens is 1. The van der Waals surface area contributed by atoms with Gasteiger partial charge in [-0.1, -0.05) is 11.6 Å². The summed E-state index contributed by atoms with van der Waals surface area (Å²) in [5.41, 5.74) is 2.01. The van der Waals surface area contributed by atoms with Crippen molar-refractivity contribution in [2.45, 2.75) is 29.9 Å². The molecule has 1 aromatic heterocycles. The van der Waals surface area contributed by atoms with Crippen molar-refractivity contribution in [2.24, 2.45) is 0 Å². The van der Waals surface area contributed by atoms with Gasteiger partial charge in [0.2, 0.25) is 0 Å². The summed E-state index contributed by atoms with van der Waals surface area (Å²) in [5, 5.41) is 5.25. The van der Waals surface area contributed by atoms with E-state index in [1.54, 1.807) is 0 Å². The molecule has 3 nitrogen and oxygen atoms in total. The third-order valence-corrected chi connectivity index (χ3v) is 5.92. The number of piperidine rings is 1. The van der Waals surface area contributed by atoms with Crippen LogP contribution in [0.5, 0.6) is 0 Å². The first-order valence-electron chi connectivity index (χ1n) is 6.56. The maximum absolute atomic E-state index is 12.8. The number of hydrogen-bond donors (Lipinski definition) is 2. The number of nitrogens with one attached hydrogen (secondary N) is 2. The Morgan fingerprint density at radius 2 is 2.05 bits per heavy atom. The van der Waals surface area contributed by atoms with Crippen molar-refractivity contribution in [1.29, 1.82) is 0 Å². The zero-order valence-corrected chi connectivity index (χ0v) is 12.4. The first-order valence-corrected chi connectivity index (χ1v) is 8.15. The largest absolute Gasteiger partial charge is 0.358 e. The number of halogens is 1. The van der Waals surface area contributed by atoms with Gasteiger partial charge in [0.15, 0.2) is 0 Å². The molecule has 1 atom stereocenters. The van der Waals surface area contributed by atoms with E-state index >= 15 is 0 Å². The quantitative estimate of drug-likeness (QED) is 0.895. The smallest absolute Gasteiger partial charge is 0.0674 e. The molecule has 1 aromatic carbocycles. The van der Waals surface area contributed by atoms with Crippen LogP contribution in [-0.4, -0.2) is 27.5 Å². The maximum atomic E-state index is 12.8. The van der Waals surface area contributed by atoms with Gasteiger partial charge in [-0.3, -0.25) is 4.21 Å². The first kappa shape index (κ1) is 13.2. The number of fused-ring (bicyclic) bond motifs is 1. The highest BCUT2D eigenvalue weighted by atomic mass is 35.5. The van der Waals surface area contributed by atoms with E-state index in [1.165, 1.54) is 0 Å². The van der Waals surface area contributed by atoms with Crippen LogP contribution in [-0.2, 0) is 10.8 Å². The van der Waals surface area contributed by atoms with Crippen LogP contribution in [0.1, 0.15) is 18.5 Å². The van der Waals surface area contributed by atoms with Crippen molar-refractivity contribution >= 4 is 33.3 Å². The van der Waals surface area contributed by atoms with Crippen LogP contribution in [0.25, 0.3) is 10.9 Å². The van der Waals surface area contributed by atoms with Gasteiger partial charge < -0.3 is 10.3 Å². The lowest BCUT2D eigenvalue weighted by molar-refractivity contribution is 0.519. The van der Waals surface area contributed by atoms with E-state index in [2.05, 4.69) is 10.3 Å². The van der Waals surface area contributed by atoms with Crippen molar-refractivity contribution in [1.82, 2.24) is 10.3 Å². The van der Waals surface area contributed by atoms with Crippen LogP contribution in [0, 0.1) is 6.92 Å². The topological polar surface area (TPSA) is 44.9 Å². The second-order valence-electron chi connectivity index (χ2n) is 5.02. The van der Waals surface area contributed by atoms with Crippen LogP contribution >= 0.6 is 11.6 Å². The molecule has 2 N–H and O–H groups in total. The second kappa shape index (κ2) is 5.27. The second-order valence-corrected chi connectivity index (χ2v) is 7.12. The Bertz CT molecular complexity index is 632. The Balaban J connectivity index is 2.05. The minimum absolute atomic E-state index is 0.248. The summed E-state index contributed by atoms with van der Waals surface area (Å²) in [4.78, 5) is 4.24. The molecule has 2 aromatic rings. The van der Waals surface area contributed by atoms with Gasteiger partial charge in [0.1, 0.15) is 0 Å². The van der Waals surface area contributed by atoms with Gasteiger partial charge in [0.25, 0.3) is 0 Å². The molecule has 0 saturated carbocycles. The van der Waals surface area contributed by atoms with E-state index in [4.69, 9.17) is 11.6 Å². The molecule has 102 valence electrons. The molecule has 2 heterocycles. The molecule has 0 amide bonds. The van der Waals surface area contributed by atoms with Crippen LogP contribution in [0.3, 0.4) is 0 Å². The van der Waals surface area contributed by atoms with Crippen LogP contribution in [0.15, 0.2) is 23.1 Å². The van der Waals surface area contributed by atoms with Crippen molar-refractivity contribution < 1.29 is 4.21 Å². The van der Waals surface area contributed by atoms with Gasteiger partial charge >= 0.3 is 0 Å². The Morgan fingerprint density at radius 1 is 1.32 bits per heavy atom. The van der Waals surface area contributed by atoms with E-state index in [-0.39, 0.29) is 5.25 Å². The minimum Gasteiger partial charge on any atom is -0.358 e. The van der Waals surface area contributed by atoms with Gasteiger partial charge in [-0.15, -0.1) is 0 Å². The molecule has 1 aliphatic heterocycles. The normalized spacial score (nSPS) is 18.8. The number of rotatable bonds is 2. The molecule has 0 bridgehead atoms. The Morgan fingerprint density at radius 3 is 2.79 bits per heavy atom. The number of H-pyrrole nitrogens is 1. The summed E-state index contributed by atoms with van der Waals surface area (Å²) in [6, 6.07) is 5.72. The van der Waals surface area contributed by atoms with Gasteiger partial charge in [-0.2, -0.15) is 0 Å². The lowest BCUT2D eigenvalue weighted by Gasteiger charge is -2.22. The zero-order valence-electron chi connectivity index (χ0n) is 10.8. The molecular formula is C14H17ClN2OS. The predicted molar refractivity (Wildman–Crippen MR) is 80.3 cm³/mol. The van der Waals surface area contributed by atoms with Gasteiger partial charge in [-0.25, -0.2) is 0 Å². The lowest BCUT2D eigenvalue weighted by Crippen LogP contribution is -2.33. The molecular weight excluding hydrogens is 280 g/mol. The highest BCUT2D eigenvalue weighted by molar-refractivity contribution is 7.86. The van der Waals surface area contributed by atoms with Gasteiger partial charge in [0.05, 0.1) is 15.7 Å². The molecule has 5 heteroatoms. The molecule has 0 spiro atoms. The molecule has 1 saturated heterocycles. The third kappa shape index (κ3) is 2.45. The summed E-state index contributed by atoms with van der Waals surface area (Å²) in [6.07, 6.45) is 1.94. The summed E-state index contributed by atoms with van der Waals surface area (Å²) in [5.74, 6) is 0. The highest BCUT2D eigenvalue weighted by Crippen LogP contribution is 2.30. The van der Waals surface area contributed by atoms with E-state index in [0.29, 0.717) is 5.02 Å². The summed E-state index contributed by atoms with van der Waals surface area (Å²) < 4.78 is 12.8. The Kier molecular flexibility index (Phi) is 3.65. The van der Waals surface area contributed by atoms with Crippen molar-refractivity contribution in [2.75, 3.05) is 13.1 Å². The molecule has 0 aliphatic carbocycles. The molecule has 1 fully saturated rings. The third-order valence-electron chi connectivity index (χ3n) is 3.68. The van der Waals surface area contributed by atoms with Crippen LogP contribution in [0.2, 0.25) is 5.02 Å². The summed E-state index contributed by atoms with van der Waals surface area (Å²) >= 11 is 6.07. The minimum atomic E-state index is -0.963. The lowest BCUT2D eigenvalue weighted by atomic mass is 10.2. The maximum Gasteiger partial charge on any atom is 0.0674 e. The summed E-state index contributed by atoms with van der Waals surface area (Å²) in [7, 11) is -0.963. The van der Waals surface area contributed by atoms with Crippen molar-refractivity contribution in [3.63, 3.8) is 0 Å². The number of aryl methyl sites for hydroxylation is 1. The SMILES string of the molecule is Cc1[nH]c2ccc(Cl)cc2c1S(=O)C1CCNCC1. The van der Waals surface area contributed by atoms with Gasteiger partial charge in [-0.05, 0) is 51.1 Å². The average molecular weight is 297 g/mol. The number of hydrogen-bond acceptors (Lipinski definition) is 2. The van der Waals surface area contributed by atoms with Gasteiger partial charge in [0, 0.05) is 26.9 Å². The van der Waals surface area contributed by atoms with Crippen LogP contribution < -0.4 is 5.32 Å². The Labute approximate surface area is 120 Å². The van der Waals surface area contributed by atoms with E-state index in [0.717, 1.165) is 47.4 Å². The molecule has 0 radical (unpaired) electrons. The number of benzene rings is 1. The Hall–Kier alpha value is -0.840. The summed E-state index contributed by atoms with van der Waals surface area (Å²) in [6.45, 7) is 3.90. The van der Waals surface area contributed by atoms with E-state index in [9.17, 15) is 4.21 Å². The molecule has 19 heavy (non-hydrogen) atoms. The fourth-order valence-corrected chi connectivity index (χ4v) is 4.62. The predicted octanol–water partition coefficient (Wildman–Crippen LogP) is 2.99. The fourth-order valence-electron chi connectivity index (χ4n) is 2.71. The zero-order chi connectivity index (χ0) is 13.4. The first-order chi connectivity index (χ1) is 9.16. The van der Waals surface area contributed by atoms with E-state index < -0.39 is 10.8 Å². The fraction of sp³-hybridized carbons (Fsp3) is 0.429. The van der Waals surface area contributed by atoms with Crippen LogP contribution in [0.4, 0.5) is 0 Å². The standard InChI is InChI=1S/C14H17ClN2OS/c1-9-14(19(18)11-4-6-16-7-5-11)12-8-10(15)2-3-13(12)17-9/h2-3,8,11,16-17H,4-7H2,1H3. The highest BCUT2D eigenvalue weighted by Gasteiger charge is 2.24. The molecule has 1 aliphatic rings. The monoisotopic (exact) mass is 296 g/mol. The molecule has 3 rings (SSSR count). The van der Waals surface area contributed by atoms with Crippen molar-refractivity contribution in [3.05, 3.63) is 28.9 Å². The average Bonchev–Trinajstić information content (AvgIpc) is 2.74. The number of aromatic amines is 1. The van der Waals surface area contributed by atoms with E-state index in [1.807, 2.05) is 25.1 Å². The van der Waals surface area contributed by atoms with Crippen molar-refractivity contribution in [3.8, 4) is 0 Å².